The van der Waals surface area contributed by atoms with Crippen LogP contribution in [0.5, 0.6) is 0 Å². The van der Waals surface area contributed by atoms with Gasteiger partial charge in [0.25, 0.3) is 5.91 Å². The second kappa shape index (κ2) is 8.40. The molecular weight excluding hydrogens is 348 g/mol. The van der Waals surface area contributed by atoms with E-state index < -0.39 is 0 Å². The first-order chi connectivity index (χ1) is 13.8. The summed E-state index contributed by atoms with van der Waals surface area (Å²) in [5, 5.41) is 7.73. The maximum Gasteiger partial charge on any atom is 0.253 e. The molecule has 0 bridgehead atoms. The number of hydrogen-bond donors (Lipinski definition) is 1. The molecule has 1 aliphatic heterocycles. The largest absolute Gasteiger partial charge is 0.339 e. The third-order valence-corrected chi connectivity index (χ3v) is 5.44. The van der Waals surface area contributed by atoms with E-state index >= 15 is 0 Å². The van der Waals surface area contributed by atoms with Crippen LogP contribution in [0.4, 0.5) is 0 Å². The number of benzene rings is 2. The number of carbonyl (C=O) groups is 1. The van der Waals surface area contributed by atoms with Gasteiger partial charge < -0.3 is 10.2 Å². The van der Waals surface area contributed by atoms with E-state index in [4.69, 9.17) is 0 Å². The summed E-state index contributed by atoms with van der Waals surface area (Å²) in [6.45, 7) is 2.68. The lowest BCUT2D eigenvalue weighted by Gasteiger charge is -2.32. The van der Waals surface area contributed by atoms with E-state index in [9.17, 15) is 4.79 Å². The van der Waals surface area contributed by atoms with Crippen LogP contribution < -0.4 is 5.32 Å². The van der Waals surface area contributed by atoms with Gasteiger partial charge in [-0.25, -0.2) is 4.68 Å². The molecule has 1 amide bonds. The number of hydrogen-bond acceptors (Lipinski definition) is 3. The average molecular weight is 374 g/mol. The Bertz CT molecular complexity index is 927. The van der Waals surface area contributed by atoms with E-state index in [1.165, 1.54) is 0 Å². The minimum absolute atomic E-state index is 0.109. The highest BCUT2D eigenvalue weighted by atomic mass is 16.2. The third kappa shape index (κ3) is 3.85. The molecule has 1 saturated heterocycles. The molecule has 144 valence electrons. The standard InChI is InChI=1S/C23H26N4O/c1-24-17-18-11-14-26(15-12-18)23(28)20-8-5-9-21(16-20)27-22(10-13-25-27)19-6-3-2-4-7-19/h2-10,13,16,18,24H,11-12,14-15,17H2,1H3. The third-order valence-electron chi connectivity index (χ3n) is 5.44. The lowest BCUT2D eigenvalue weighted by atomic mass is 9.96. The second-order valence-electron chi connectivity index (χ2n) is 7.34. The smallest absolute Gasteiger partial charge is 0.253 e. The zero-order valence-electron chi connectivity index (χ0n) is 16.2. The number of rotatable bonds is 5. The van der Waals surface area contributed by atoms with Crippen LogP contribution in [-0.4, -0.2) is 47.3 Å². The quantitative estimate of drug-likeness (QED) is 0.742. The van der Waals surface area contributed by atoms with Gasteiger partial charge in [0, 0.05) is 24.2 Å². The molecule has 0 radical (unpaired) electrons. The van der Waals surface area contributed by atoms with Crippen molar-refractivity contribution >= 4 is 5.91 Å². The zero-order chi connectivity index (χ0) is 19.3. The SMILES string of the molecule is CNCC1CCN(C(=O)c2cccc(-n3nccc3-c3ccccc3)c2)CC1. The van der Waals surface area contributed by atoms with Crippen molar-refractivity contribution in [2.45, 2.75) is 12.8 Å². The van der Waals surface area contributed by atoms with Gasteiger partial charge in [0.15, 0.2) is 0 Å². The molecule has 1 aliphatic rings. The molecule has 0 aliphatic carbocycles. The molecule has 1 N–H and O–H groups in total. The summed E-state index contributed by atoms with van der Waals surface area (Å²) in [7, 11) is 1.99. The number of likely N-dealkylation sites (tertiary alicyclic amines) is 1. The van der Waals surface area contributed by atoms with Gasteiger partial charge in [-0.05, 0) is 56.6 Å². The van der Waals surface area contributed by atoms with Crippen molar-refractivity contribution in [2.75, 3.05) is 26.7 Å². The fraction of sp³-hybridized carbons (Fsp3) is 0.304. The van der Waals surface area contributed by atoms with Crippen molar-refractivity contribution in [3.63, 3.8) is 0 Å². The molecule has 0 saturated carbocycles. The monoisotopic (exact) mass is 374 g/mol. The second-order valence-corrected chi connectivity index (χ2v) is 7.34. The van der Waals surface area contributed by atoms with Crippen LogP contribution in [0.3, 0.4) is 0 Å². The molecule has 1 fully saturated rings. The van der Waals surface area contributed by atoms with Gasteiger partial charge in [-0.3, -0.25) is 4.79 Å². The van der Waals surface area contributed by atoms with Crippen LogP contribution in [0.1, 0.15) is 23.2 Å². The molecule has 4 rings (SSSR count). The first-order valence-corrected chi connectivity index (χ1v) is 9.90. The number of nitrogens with zero attached hydrogens (tertiary/aromatic N) is 3. The Hall–Kier alpha value is -2.92. The predicted molar refractivity (Wildman–Crippen MR) is 112 cm³/mol. The molecular formula is C23H26N4O. The minimum atomic E-state index is 0.109. The molecule has 0 unspecified atom stereocenters. The molecule has 3 aromatic rings. The highest BCUT2D eigenvalue weighted by Crippen LogP contribution is 2.24. The van der Waals surface area contributed by atoms with E-state index in [0.29, 0.717) is 5.92 Å². The van der Waals surface area contributed by atoms with Crippen LogP contribution >= 0.6 is 0 Å². The number of amides is 1. The normalized spacial score (nSPS) is 15.0. The highest BCUT2D eigenvalue weighted by molar-refractivity contribution is 5.94. The molecule has 2 aromatic carbocycles. The van der Waals surface area contributed by atoms with E-state index in [2.05, 4.69) is 22.5 Å². The number of nitrogens with one attached hydrogen (secondary N) is 1. The maximum absolute atomic E-state index is 13.0. The molecule has 2 heterocycles. The van der Waals surface area contributed by atoms with Gasteiger partial charge in [0.1, 0.15) is 0 Å². The Kier molecular flexibility index (Phi) is 5.53. The van der Waals surface area contributed by atoms with E-state index in [-0.39, 0.29) is 5.91 Å². The zero-order valence-corrected chi connectivity index (χ0v) is 16.2. The minimum Gasteiger partial charge on any atom is -0.339 e. The van der Waals surface area contributed by atoms with Crippen LogP contribution in [-0.2, 0) is 0 Å². The van der Waals surface area contributed by atoms with E-state index in [1.807, 2.05) is 65.2 Å². The van der Waals surface area contributed by atoms with Gasteiger partial charge in [-0.1, -0.05) is 36.4 Å². The molecule has 1 aromatic heterocycles. The van der Waals surface area contributed by atoms with Crippen LogP contribution in [0.25, 0.3) is 16.9 Å². The maximum atomic E-state index is 13.0. The van der Waals surface area contributed by atoms with Gasteiger partial charge >= 0.3 is 0 Å². The molecule has 5 heteroatoms. The summed E-state index contributed by atoms with van der Waals surface area (Å²) < 4.78 is 1.89. The summed E-state index contributed by atoms with van der Waals surface area (Å²) in [6, 6.07) is 19.9. The predicted octanol–water partition coefficient (Wildman–Crippen LogP) is 3.61. The topological polar surface area (TPSA) is 50.2 Å². The Balaban J connectivity index is 1.55. The van der Waals surface area contributed by atoms with Crippen LogP contribution in [0.2, 0.25) is 0 Å². The number of piperidine rings is 1. The first-order valence-electron chi connectivity index (χ1n) is 9.90. The van der Waals surface area contributed by atoms with Crippen LogP contribution in [0.15, 0.2) is 66.9 Å². The Morgan fingerprint density at radius 1 is 1.07 bits per heavy atom. The van der Waals surface area contributed by atoms with Gasteiger partial charge in [0.05, 0.1) is 17.6 Å². The Morgan fingerprint density at radius 3 is 2.61 bits per heavy atom. The fourth-order valence-corrected chi connectivity index (χ4v) is 3.92. The van der Waals surface area contributed by atoms with Gasteiger partial charge in [-0.2, -0.15) is 5.10 Å². The number of aromatic nitrogens is 2. The fourth-order valence-electron chi connectivity index (χ4n) is 3.92. The molecule has 28 heavy (non-hydrogen) atoms. The van der Waals surface area contributed by atoms with Crippen LogP contribution in [0, 0.1) is 5.92 Å². The van der Waals surface area contributed by atoms with Crippen molar-refractivity contribution < 1.29 is 4.79 Å². The van der Waals surface area contributed by atoms with Crippen molar-refractivity contribution in [3.8, 4) is 16.9 Å². The summed E-state index contributed by atoms with van der Waals surface area (Å²) in [5.41, 5.74) is 3.74. The lowest BCUT2D eigenvalue weighted by molar-refractivity contribution is 0.0691. The van der Waals surface area contributed by atoms with Crippen molar-refractivity contribution in [3.05, 3.63) is 72.4 Å². The summed E-state index contributed by atoms with van der Waals surface area (Å²) in [4.78, 5) is 15.0. The highest BCUT2D eigenvalue weighted by Gasteiger charge is 2.23. The molecule has 0 atom stereocenters. The van der Waals surface area contributed by atoms with Crippen molar-refractivity contribution in [1.82, 2.24) is 20.0 Å². The Labute approximate surface area is 166 Å². The van der Waals surface area contributed by atoms with Crippen molar-refractivity contribution in [2.24, 2.45) is 5.92 Å². The van der Waals surface area contributed by atoms with Gasteiger partial charge in [0.2, 0.25) is 0 Å². The first kappa shape index (κ1) is 18.4. The Morgan fingerprint density at radius 2 is 1.86 bits per heavy atom. The summed E-state index contributed by atoms with van der Waals surface area (Å²) in [6.07, 6.45) is 3.91. The number of carbonyl (C=O) groups excluding carboxylic acids is 1. The van der Waals surface area contributed by atoms with E-state index in [0.717, 1.165) is 55.0 Å². The summed E-state index contributed by atoms with van der Waals surface area (Å²) in [5.74, 6) is 0.774. The van der Waals surface area contributed by atoms with E-state index in [1.54, 1.807) is 6.20 Å². The lowest BCUT2D eigenvalue weighted by Crippen LogP contribution is -2.40. The summed E-state index contributed by atoms with van der Waals surface area (Å²) >= 11 is 0. The molecule has 0 spiro atoms. The molecule has 5 nitrogen and oxygen atoms in total. The average Bonchev–Trinajstić information content (AvgIpc) is 3.25. The van der Waals surface area contributed by atoms with Gasteiger partial charge in [-0.15, -0.1) is 0 Å². The van der Waals surface area contributed by atoms with Crippen molar-refractivity contribution in [1.29, 1.82) is 0 Å².